The average Bonchev–Trinajstić information content (AvgIpc) is 3.29. The number of amides is 1. The van der Waals surface area contributed by atoms with E-state index in [9.17, 15) is 4.79 Å². The minimum atomic E-state index is -0.129. The first-order chi connectivity index (χ1) is 13.2. The highest BCUT2D eigenvalue weighted by molar-refractivity contribution is 5.95. The molecule has 0 bridgehead atoms. The molecule has 0 saturated carbocycles. The van der Waals surface area contributed by atoms with Crippen LogP contribution in [0.5, 0.6) is 0 Å². The Kier molecular flexibility index (Phi) is 4.35. The smallest absolute Gasteiger partial charge is 0.251 e. The Morgan fingerprint density at radius 3 is 2.78 bits per heavy atom. The summed E-state index contributed by atoms with van der Waals surface area (Å²) in [6, 6.07) is 17.2. The summed E-state index contributed by atoms with van der Waals surface area (Å²) < 4.78 is 1.81. The van der Waals surface area contributed by atoms with Gasteiger partial charge in [-0.05, 0) is 30.7 Å². The van der Waals surface area contributed by atoms with Gasteiger partial charge in [0.15, 0.2) is 6.19 Å². The highest BCUT2D eigenvalue weighted by atomic mass is 16.1. The topological polar surface area (TPSA) is 74.0 Å². The van der Waals surface area contributed by atoms with E-state index in [0.717, 1.165) is 22.5 Å². The van der Waals surface area contributed by atoms with Gasteiger partial charge in [0.2, 0.25) is 0 Å². The second-order valence-electron chi connectivity index (χ2n) is 6.64. The van der Waals surface area contributed by atoms with E-state index in [4.69, 9.17) is 5.26 Å². The Balaban J connectivity index is 1.55. The van der Waals surface area contributed by atoms with Crippen LogP contribution in [0.1, 0.15) is 40.1 Å². The second-order valence-corrected chi connectivity index (χ2v) is 6.64. The quantitative estimate of drug-likeness (QED) is 0.728. The maximum Gasteiger partial charge on any atom is 0.251 e. The summed E-state index contributed by atoms with van der Waals surface area (Å²) in [5.41, 5.74) is 4.49. The lowest BCUT2D eigenvalue weighted by molar-refractivity contribution is 0.0940. The molecule has 2 aromatic carbocycles. The molecule has 0 spiro atoms. The molecule has 0 saturated heterocycles. The highest BCUT2D eigenvalue weighted by Crippen LogP contribution is 2.24. The molecular weight excluding hydrogens is 338 g/mol. The number of carbonyl (C=O) groups is 1. The van der Waals surface area contributed by atoms with E-state index >= 15 is 0 Å². The Bertz CT molecular complexity index is 1020. The van der Waals surface area contributed by atoms with Crippen LogP contribution in [0.15, 0.2) is 60.8 Å². The minimum absolute atomic E-state index is 0.0829. The van der Waals surface area contributed by atoms with Crippen LogP contribution in [0.25, 0.3) is 5.69 Å². The summed E-state index contributed by atoms with van der Waals surface area (Å²) in [7, 11) is 0. The van der Waals surface area contributed by atoms with Crippen LogP contribution >= 0.6 is 0 Å². The van der Waals surface area contributed by atoms with Crippen LogP contribution < -0.4 is 5.32 Å². The molecule has 1 aromatic heterocycles. The predicted octanol–water partition coefficient (Wildman–Crippen LogP) is 3.16. The van der Waals surface area contributed by atoms with Crippen LogP contribution in [-0.2, 0) is 13.1 Å². The minimum Gasteiger partial charge on any atom is -0.346 e. The van der Waals surface area contributed by atoms with E-state index in [0.29, 0.717) is 18.7 Å². The Morgan fingerprint density at radius 2 is 2.00 bits per heavy atom. The zero-order chi connectivity index (χ0) is 18.8. The molecule has 2 heterocycles. The summed E-state index contributed by atoms with van der Waals surface area (Å²) in [4.78, 5) is 14.4. The van der Waals surface area contributed by atoms with E-state index in [-0.39, 0.29) is 11.9 Å². The number of fused-ring (bicyclic) bond motifs is 1. The van der Waals surface area contributed by atoms with E-state index in [1.165, 1.54) is 0 Å². The molecule has 6 nitrogen and oxygen atoms in total. The van der Waals surface area contributed by atoms with Gasteiger partial charge >= 0.3 is 0 Å². The number of nitriles is 1. The predicted molar refractivity (Wildman–Crippen MR) is 101 cm³/mol. The van der Waals surface area contributed by atoms with Crippen molar-refractivity contribution in [3.63, 3.8) is 0 Å². The first-order valence-corrected chi connectivity index (χ1v) is 8.82. The van der Waals surface area contributed by atoms with E-state index in [1.54, 1.807) is 17.2 Å². The number of hydrogen-bond acceptors (Lipinski definition) is 4. The lowest BCUT2D eigenvalue weighted by Gasteiger charge is -2.15. The molecule has 1 aliphatic rings. The van der Waals surface area contributed by atoms with E-state index in [2.05, 4.69) is 16.6 Å². The van der Waals surface area contributed by atoms with Crippen molar-refractivity contribution in [2.75, 3.05) is 0 Å². The molecule has 1 unspecified atom stereocenters. The van der Waals surface area contributed by atoms with Gasteiger partial charge in [0.05, 0.1) is 36.7 Å². The van der Waals surface area contributed by atoms with Crippen LogP contribution in [0, 0.1) is 11.5 Å². The Labute approximate surface area is 157 Å². The standard InChI is InChI=1S/C21H19N5O/c1-15(16-6-3-2-4-7-16)24-21(27)17-8-5-9-19(10-17)26-20-13-25(14-22)12-18(20)11-23-26/h2-11,15H,12-13H2,1H3,(H,24,27). The molecule has 1 amide bonds. The molecule has 6 heteroatoms. The van der Waals surface area contributed by atoms with Crippen molar-refractivity contribution in [3.8, 4) is 11.9 Å². The molecule has 134 valence electrons. The van der Waals surface area contributed by atoms with Crippen LogP contribution in [0.3, 0.4) is 0 Å². The van der Waals surface area contributed by atoms with E-state index < -0.39 is 0 Å². The monoisotopic (exact) mass is 357 g/mol. The van der Waals surface area contributed by atoms with Crippen LogP contribution in [0.2, 0.25) is 0 Å². The molecule has 0 radical (unpaired) electrons. The van der Waals surface area contributed by atoms with Crippen molar-refractivity contribution in [3.05, 3.63) is 83.2 Å². The second kappa shape index (κ2) is 6.96. The van der Waals surface area contributed by atoms with Crippen LogP contribution in [0.4, 0.5) is 0 Å². The van der Waals surface area contributed by atoms with Gasteiger partial charge in [0, 0.05) is 11.1 Å². The third kappa shape index (κ3) is 3.27. The Morgan fingerprint density at radius 1 is 1.19 bits per heavy atom. The molecule has 0 aliphatic carbocycles. The fourth-order valence-corrected chi connectivity index (χ4v) is 3.33. The molecule has 3 aromatic rings. The van der Waals surface area contributed by atoms with Gasteiger partial charge in [-0.25, -0.2) is 4.68 Å². The van der Waals surface area contributed by atoms with Gasteiger partial charge in [-0.15, -0.1) is 0 Å². The van der Waals surface area contributed by atoms with Crippen LogP contribution in [-0.4, -0.2) is 20.6 Å². The van der Waals surface area contributed by atoms with Crippen molar-refractivity contribution in [2.45, 2.75) is 26.1 Å². The maximum absolute atomic E-state index is 12.7. The van der Waals surface area contributed by atoms with Gasteiger partial charge in [-0.2, -0.15) is 10.4 Å². The number of benzene rings is 2. The van der Waals surface area contributed by atoms with Crippen molar-refractivity contribution >= 4 is 5.91 Å². The van der Waals surface area contributed by atoms with Gasteiger partial charge in [-0.1, -0.05) is 36.4 Å². The number of carbonyl (C=O) groups excluding carboxylic acids is 1. The number of rotatable bonds is 4. The number of nitrogens with one attached hydrogen (secondary N) is 1. The maximum atomic E-state index is 12.7. The highest BCUT2D eigenvalue weighted by Gasteiger charge is 2.23. The first-order valence-electron chi connectivity index (χ1n) is 8.82. The summed E-state index contributed by atoms with van der Waals surface area (Å²) in [6.45, 7) is 3.09. The third-order valence-corrected chi connectivity index (χ3v) is 4.80. The molecule has 1 aliphatic heterocycles. The molecule has 1 atom stereocenters. The molecule has 27 heavy (non-hydrogen) atoms. The fraction of sp³-hybridized carbons (Fsp3) is 0.190. The number of hydrogen-bond donors (Lipinski definition) is 1. The van der Waals surface area contributed by atoms with Gasteiger partial charge in [0.25, 0.3) is 5.91 Å². The first kappa shape index (κ1) is 16.9. The molecule has 0 fully saturated rings. The SMILES string of the molecule is CC(NC(=O)c1cccc(-n2ncc3c2CN(C#N)C3)c1)c1ccccc1. The fourth-order valence-electron chi connectivity index (χ4n) is 3.33. The number of nitrogens with zero attached hydrogens (tertiary/aromatic N) is 4. The van der Waals surface area contributed by atoms with Crippen molar-refractivity contribution in [2.24, 2.45) is 0 Å². The molecule has 1 N–H and O–H groups in total. The van der Waals surface area contributed by atoms with Crippen molar-refractivity contribution in [1.82, 2.24) is 20.0 Å². The zero-order valence-corrected chi connectivity index (χ0v) is 15.0. The lowest BCUT2D eigenvalue weighted by atomic mass is 10.1. The average molecular weight is 357 g/mol. The molecular formula is C21H19N5O. The van der Waals surface area contributed by atoms with Gasteiger partial charge in [-0.3, -0.25) is 4.79 Å². The summed E-state index contributed by atoms with van der Waals surface area (Å²) in [6.07, 6.45) is 3.96. The lowest BCUT2D eigenvalue weighted by Crippen LogP contribution is -2.26. The molecule has 4 rings (SSSR count). The zero-order valence-electron chi connectivity index (χ0n) is 15.0. The van der Waals surface area contributed by atoms with Crippen molar-refractivity contribution in [1.29, 1.82) is 5.26 Å². The van der Waals surface area contributed by atoms with Gasteiger partial charge in [0.1, 0.15) is 0 Å². The summed E-state index contributed by atoms with van der Waals surface area (Å²) >= 11 is 0. The number of aromatic nitrogens is 2. The third-order valence-electron chi connectivity index (χ3n) is 4.80. The largest absolute Gasteiger partial charge is 0.346 e. The normalized spacial score (nSPS) is 13.7. The summed E-state index contributed by atoms with van der Waals surface area (Å²) in [5.74, 6) is -0.129. The Hall–Kier alpha value is -3.59. The van der Waals surface area contributed by atoms with E-state index in [1.807, 2.05) is 60.1 Å². The van der Waals surface area contributed by atoms with Gasteiger partial charge < -0.3 is 10.2 Å². The van der Waals surface area contributed by atoms with Crippen molar-refractivity contribution < 1.29 is 4.79 Å². The summed E-state index contributed by atoms with van der Waals surface area (Å²) in [5, 5.41) is 16.6.